The first kappa shape index (κ1) is 24.7. The van der Waals surface area contributed by atoms with Crippen LogP contribution in [0, 0.1) is 13.8 Å². The van der Waals surface area contributed by atoms with Gasteiger partial charge in [0, 0.05) is 23.5 Å². The van der Waals surface area contributed by atoms with E-state index in [2.05, 4.69) is 50.1 Å². The molecule has 0 unspecified atom stereocenters. The second-order valence-electron chi connectivity index (χ2n) is 7.13. The number of aryl methyl sites for hydroxylation is 2. The number of rotatable bonds is 8. The molecule has 0 radical (unpaired) electrons. The maximum atomic E-state index is 13.5. The number of halogens is 1. The average Bonchev–Trinajstić information content (AvgIpc) is 3.13. The Bertz CT molecular complexity index is 1000. The molecule has 1 aromatic heterocycles. The number of nitrogens with zero attached hydrogens (tertiary/aromatic N) is 3. The molecule has 0 atom stereocenters. The predicted molar refractivity (Wildman–Crippen MR) is 134 cm³/mol. The second kappa shape index (κ2) is 11.1. The maximum absolute atomic E-state index is 13.5. The van der Waals surface area contributed by atoms with Gasteiger partial charge in [0.2, 0.25) is 0 Å². The SMILES string of the molecule is CCN(CC)CCN(C(=O)c1ccc(C)cc1C)c1nc2ccc(SC)cc2s1.Cl. The summed E-state index contributed by atoms with van der Waals surface area (Å²) < 4.78 is 1.12. The summed E-state index contributed by atoms with van der Waals surface area (Å²) in [7, 11) is 0. The fraction of sp³-hybridized carbons (Fsp3) is 0.391. The summed E-state index contributed by atoms with van der Waals surface area (Å²) in [5, 5.41) is 0.774. The molecule has 0 saturated heterocycles. The summed E-state index contributed by atoms with van der Waals surface area (Å²) in [5.74, 6) is 0.0267. The maximum Gasteiger partial charge on any atom is 0.260 e. The van der Waals surface area contributed by atoms with E-state index in [1.54, 1.807) is 23.1 Å². The van der Waals surface area contributed by atoms with E-state index in [9.17, 15) is 4.79 Å². The molecule has 0 N–H and O–H groups in total. The lowest BCUT2D eigenvalue weighted by Gasteiger charge is -2.25. The summed E-state index contributed by atoms with van der Waals surface area (Å²) in [5.41, 5.74) is 3.87. The molecule has 4 nitrogen and oxygen atoms in total. The van der Waals surface area contributed by atoms with Crippen molar-refractivity contribution >= 4 is 56.8 Å². The number of amides is 1. The zero-order valence-electron chi connectivity index (χ0n) is 18.3. The number of hydrogen-bond acceptors (Lipinski definition) is 5. The van der Waals surface area contributed by atoms with E-state index in [1.165, 1.54) is 10.5 Å². The van der Waals surface area contributed by atoms with Gasteiger partial charge in [-0.25, -0.2) is 4.98 Å². The molecule has 0 saturated carbocycles. The number of anilines is 1. The van der Waals surface area contributed by atoms with Crippen molar-refractivity contribution in [2.24, 2.45) is 0 Å². The van der Waals surface area contributed by atoms with Crippen LogP contribution in [0.5, 0.6) is 0 Å². The topological polar surface area (TPSA) is 36.4 Å². The Morgan fingerprint density at radius 1 is 1.07 bits per heavy atom. The molecule has 30 heavy (non-hydrogen) atoms. The molecule has 0 bridgehead atoms. The normalized spacial score (nSPS) is 11.0. The summed E-state index contributed by atoms with van der Waals surface area (Å²) in [6.45, 7) is 11.8. The highest BCUT2D eigenvalue weighted by atomic mass is 35.5. The van der Waals surface area contributed by atoms with E-state index in [-0.39, 0.29) is 18.3 Å². The number of benzene rings is 2. The Hall–Kier alpha value is -1.60. The Morgan fingerprint density at radius 3 is 2.43 bits per heavy atom. The minimum Gasteiger partial charge on any atom is -0.302 e. The number of carbonyl (C=O) groups is 1. The van der Waals surface area contributed by atoms with Crippen LogP contribution in [0.4, 0.5) is 5.13 Å². The standard InChI is InChI=1S/C23H29N3OS2.ClH/c1-6-25(7-2)12-13-26(22(27)19-10-8-16(3)14-17(19)4)23-24-20-11-9-18(28-5)15-21(20)29-23;/h8-11,14-15H,6-7,12-13H2,1-5H3;1H. The molecule has 0 spiro atoms. The molecular weight excluding hydrogens is 434 g/mol. The largest absolute Gasteiger partial charge is 0.302 e. The minimum atomic E-state index is 0. The van der Waals surface area contributed by atoms with Gasteiger partial charge in [0.25, 0.3) is 5.91 Å². The van der Waals surface area contributed by atoms with Crippen LogP contribution in [0.25, 0.3) is 10.2 Å². The smallest absolute Gasteiger partial charge is 0.260 e. The van der Waals surface area contributed by atoms with E-state index >= 15 is 0 Å². The molecule has 0 aliphatic rings. The molecule has 1 heterocycles. The third-order valence-electron chi connectivity index (χ3n) is 5.21. The lowest BCUT2D eigenvalue weighted by atomic mass is 10.0. The molecule has 3 rings (SSSR count). The number of likely N-dealkylation sites (N-methyl/N-ethyl adjacent to an activating group) is 1. The molecule has 0 aliphatic carbocycles. The summed E-state index contributed by atoms with van der Waals surface area (Å²) in [6, 6.07) is 12.3. The van der Waals surface area contributed by atoms with Gasteiger partial charge in [0.05, 0.1) is 10.2 Å². The third kappa shape index (κ3) is 5.55. The first-order valence-corrected chi connectivity index (χ1v) is 12.1. The van der Waals surface area contributed by atoms with E-state index < -0.39 is 0 Å². The molecule has 0 fully saturated rings. The van der Waals surface area contributed by atoms with Gasteiger partial charge in [0.1, 0.15) is 0 Å². The zero-order valence-corrected chi connectivity index (χ0v) is 20.7. The molecule has 2 aromatic carbocycles. The van der Waals surface area contributed by atoms with Crippen LogP contribution < -0.4 is 4.90 Å². The van der Waals surface area contributed by atoms with Crippen molar-refractivity contribution < 1.29 is 4.79 Å². The Balaban J connectivity index is 0.00000320. The van der Waals surface area contributed by atoms with Crippen molar-refractivity contribution in [1.82, 2.24) is 9.88 Å². The van der Waals surface area contributed by atoms with Crippen molar-refractivity contribution in [3.63, 3.8) is 0 Å². The number of carbonyl (C=O) groups excluding carboxylic acids is 1. The van der Waals surface area contributed by atoms with Gasteiger partial charge < -0.3 is 4.90 Å². The highest BCUT2D eigenvalue weighted by Crippen LogP contribution is 2.32. The van der Waals surface area contributed by atoms with Crippen LogP contribution in [-0.2, 0) is 0 Å². The van der Waals surface area contributed by atoms with E-state index in [0.717, 1.165) is 46.1 Å². The molecule has 7 heteroatoms. The molecule has 0 aliphatic heterocycles. The van der Waals surface area contributed by atoms with Gasteiger partial charge in [-0.2, -0.15) is 0 Å². The fourth-order valence-corrected chi connectivity index (χ4v) is 4.94. The van der Waals surface area contributed by atoms with E-state index in [4.69, 9.17) is 4.98 Å². The zero-order chi connectivity index (χ0) is 21.0. The number of aromatic nitrogens is 1. The lowest BCUT2D eigenvalue weighted by Crippen LogP contribution is -2.39. The van der Waals surface area contributed by atoms with Crippen molar-refractivity contribution in [2.75, 3.05) is 37.3 Å². The number of thiazole rings is 1. The average molecular weight is 464 g/mol. The first-order chi connectivity index (χ1) is 14.0. The van der Waals surface area contributed by atoms with Crippen LogP contribution in [-0.4, -0.2) is 48.2 Å². The quantitative estimate of drug-likeness (QED) is 0.381. The fourth-order valence-electron chi connectivity index (χ4n) is 3.40. The monoisotopic (exact) mass is 463 g/mol. The van der Waals surface area contributed by atoms with Crippen LogP contribution in [0.1, 0.15) is 35.3 Å². The van der Waals surface area contributed by atoms with Crippen LogP contribution in [0.2, 0.25) is 0 Å². The van der Waals surface area contributed by atoms with Gasteiger partial charge in [-0.15, -0.1) is 24.2 Å². The highest BCUT2D eigenvalue weighted by molar-refractivity contribution is 7.98. The molecular formula is C23H30ClN3OS2. The van der Waals surface area contributed by atoms with Crippen LogP contribution in [0.15, 0.2) is 41.3 Å². The number of thioether (sulfide) groups is 1. The van der Waals surface area contributed by atoms with Gasteiger partial charge in [-0.05, 0) is 63.0 Å². The van der Waals surface area contributed by atoms with Gasteiger partial charge >= 0.3 is 0 Å². The first-order valence-electron chi connectivity index (χ1n) is 10.0. The highest BCUT2D eigenvalue weighted by Gasteiger charge is 2.23. The van der Waals surface area contributed by atoms with Crippen molar-refractivity contribution in [3.8, 4) is 0 Å². The van der Waals surface area contributed by atoms with E-state index in [0.29, 0.717) is 6.54 Å². The minimum absolute atomic E-state index is 0. The number of fused-ring (bicyclic) bond motifs is 1. The molecule has 162 valence electrons. The Labute approximate surface area is 194 Å². The third-order valence-corrected chi connectivity index (χ3v) is 6.97. The Kier molecular flexibility index (Phi) is 9.16. The lowest BCUT2D eigenvalue weighted by molar-refractivity contribution is 0.0983. The van der Waals surface area contributed by atoms with Crippen LogP contribution >= 0.6 is 35.5 Å². The van der Waals surface area contributed by atoms with Gasteiger partial charge in [-0.3, -0.25) is 9.69 Å². The van der Waals surface area contributed by atoms with Gasteiger partial charge in [0.15, 0.2) is 5.13 Å². The molecule has 3 aromatic rings. The van der Waals surface area contributed by atoms with Crippen molar-refractivity contribution in [3.05, 3.63) is 53.1 Å². The summed E-state index contributed by atoms with van der Waals surface area (Å²) in [4.78, 5) is 23.8. The van der Waals surface area contributed by atoms with Crippen molar-refractivity contribution in [2.45, 2.75) is 32.6 Å². The van der Waals surface area contributed by atoms with Gasteiger partial charge in [-0.1, -0.05) is 42.9 Å². The van der Waals surface area contributed by atoms with E-state index in [1.807, 2.05) is 30.0 Å². The van der Waals surface area contributed by atoms with Crippen LogP contribution in [0.3, 0.4) is 0 Å². The Morgan fingerprint density at radius 2 is 1.80 bits per heavy atom. The summed E-state index contributed by atoms with van der Waals surface area (Å²) in [6.07, 6.45) is 2.07. The number of hydrogen-bond donors (Lipinski definition) is 0. The summed E-state index contributed by atoms with van der Waals surface area (Å²) >= 11 is 3.32. The molecule has 1 amide bonds. The predicted octanol–water partition coefficient (Wildman–Crippen LogP) is 6.05. The second-order valence-corrected chi connectivity index (χ2v) is 9.02. The van der Waals surface area contributed by atoms with Crippen molar-refractivity contribution in [1.29, 1.82) is 0 Å².